The van der Waals surface area contributed by atoms with Crippen molar-refractivity contribution >= 4 is 33.6 Å². The summed E-state index contributed by atoms with van der Waals surface area (Å²) < 4.78 is 2.33. The van der Waals surface area contributed by atoms with Gasteiger partial charge in [0.25, 0.3) is 0 Å². The molecule has 1 aromatic carbocycles. The zero-order valence-corrected chi connectivity index (χ0v) is 19.8. The molecule has 3 heterocycles. The van der Waals surface area contributed by atoms with Crippen molar-refractivity contribution in [3.05, 3.63) is 54.5 Å². The monoisotopic (exact) mass is 455 g/mol. The first-order chi connectivity index (χ1) is 16.6. The Bertz CT molecular complexity index is 1310. The molecule has 0 radical (unpaired) electrons. The van der Waals surface area contributed by atoms with Crippen molar-refractivity contribution in [2.24, 2.45) is 17.7 Å². The van der Waals surface area contributed by atoms with Crippen LogP contribution in [0.25, 0.3) is 21.9 Å². The van der Waals surface area contributed by atoms with Gasteiger partial charge in [-0.3, -0.25) is 5.01 Å². The molecule has 2 atom stereocenters. The number of rotatable bonds is 8. The summed E-state index contributed by atoms with van der Waals surface area (Å²) in [4.78, 5) is 13.8. The van der Waals surface area contributed by atoms with Crippen molar-refractivity contribution < 1.29 is 0 Å². The first-order valence-electron chi connectivity index (χ1n) is 12.6. The zero-order chi connectivity index (χ0) is 23.1. The van der Waals surface area contributed by atoms with Crippen LogP contribution in [0.1, 0.15) is 50.1 Å². The lowest BCUT2D eigenvalue weighted by Gasteiger charge is -2.16. The number of nitrogens with two attached hydrogens (primary N) is 1. The van der Waals surface area contributed by atoms with Gasteiger partial charge in [-0.25, -0.2) is 20.8 Å². The van der Waals surface area contributed by atoms with E-state index in [-0.39, 0.29) is 0 Å². The fourth-order valence-corrected chi connectivity index (χ4v) is 5.46. The van der Waals surface area contributed by atoms with Crippen LogP contribution in [0.4, 0.5) is 11.6 Å². The average molecular weight is 456 g/mol. The van der Waals surface area contributed by atoms with E-state index in [2.05, 4.69) is 62.4 Å². The Morgan fingerprint density at radius 3 is 2.76 bits per heavy atom. The molecule has 0 aliphatic heterocycles. The van der Waals surface area contributed by atoms with Crippen LogP contribution < -0.4 is 16.2 Å². The van der Waals surface area contributed by atoms with Gasteiger partial charge in [0.2, 0.25) is 0 Å². The smallest absolute Gasteiger partial charge is 0.155 e. The number of benzene rings is 1. The van der Waals surface area contributed by atoms with Crippen molar-refractivity contribution in [3.8, 4) is 0 Å². The largest absolute Gasteiger partial charge is 0.370 e. The Balaban J connectivity index is 1.10. The van der Waals surface area contributed by atoms with Gasteiger partial charge in [0.05, 0.1) is 10.9 Å². The number of nitrogens with zero attached hydrogens (tertiary/aromatic N) is 5. The topological polar surface area (TPSA) is 84.9 Å². The highest BCUT2D eigenvalue weighted by atomic mass is 15.4. The van der Waals surface area contributed by atoms with E-state index in [0.717, 1.165) is 53.0 Å². The number of hydrogen-bond donors (Lipinski definition) is 2. The second-order valence-electron chi connectivity index (χ2n) is 10.2. The maximum atomic E-state index is 5.96. The van der Waals surface area contributed by atoms with Crippen LogP contribution in [0, 0.1) is 11.8 Å². The number of aryl methyl sites for hydroxylation is 1. The normalized spacial score (nSPS) is 20.3. The molecule has 0 bridgehead atoms. The van der Waals surface area contributed by atoms with Crippen LogP contribution in [-0.4, -0.2) is 33.1 Å². The molecule has 2 aliphatic carbocycles. The molecule has 2 fully saturated rings. The second-order valence-corrected chi connectivity index (χ2v) is 10.2. The molecule has 0 amide bonds. The first-order valence-corrected chi connectivity index (χ1v) is 12.6. The van der Waals surface area contributed by atoms with Crippen molar-refractivity contribution in [1.82, 2.24) is 19.5 Å². The van der Waals surface area contributed by atoms with Gasteiger partial charge in [-0.2, -0.15) is 0 Å². The minimum absolute atomic E-state index is 0.492. The van der Waals surface area contributed by atoms with Gasteiger partial charge in [-0.15, -0.1) is 0 Å². The summed E-state index contributed by atoms with van der Waals surface area (Å²) in [6, 6.07) is 13.6. The third-order valence-electron chi connectivity index (χ3n) is 7.60. The zero-order valence-electron chi connectivity index (χ0n) is 19.8. The Kier molecular flexibility index (Phi) is 5.57. The van der Waals surface area contributed by atoms with Gasteiger partial charge >= 0.3 is 0 Å². The lowest BCUT2D eigenvalue weighted by atomic mass is 9.97. The average Bonchev–Trinajstić information content (AvgIpc) is 3.39. The van der Waals surface area contributed by atoms with Crippen molar-refractivity contribution in [1.29, 1.82) is 0 Å². The SMILES string of the molecule is CN(N)c1ncnc2c1ccn2[C@H]1CC[C@@H](CCc2ccc3ccc(NCC4CC4)nc3c2)C1. The highest BCUT2D eigenvalue weighted by Gasteiger charge is 2.27. The van der Waals surface area contributed by atoms with Gasteiger partial charge < -0.3 is 9.88 Å². The van der Waals surface area contributed by atoms with E-state index in [1.807, 2.05) is 7.05 Å². The summed E-state index contributed by atoms with van der Waals surface area (Å²) in [6.07, 6.45) is 12.5. The van der Waals surface area contributed by atoms with Crippen LogP contribution in [0.2, 0.25) is 0 Å². The number of anilines is 2. The van der Waals surface area contributed by atoms with E-state index >= 15 is 0 Å². The maximum Gasteiger partial charge on any atom is 0.155 e. The molecular weight excluding hydrogens is 422 g/mol. The van der Waals surface area contributed by atoms with E-state index < -0.39 is 0 Å². The van der Waals surface area contributed by atoms with E-state index in [1.54, 1.807) is 11.3 Å². The molecule has 3 N–H and O–H groups in total. The van der Waals surface area contributed by atoms with Crippen LogP contribution in [0.15, 0.2) is 48.9 Å². The van der Waals surface area contributed by atoms with Gasteiger partial charge in [0.15, 0.2) is 5.82 Å². The van der Waals surface area contributed by atoms with E-state index in [0.29, 0.717) is 6.04 Å². The number of nitrogens with one attached hydrogen (secondary N) is 1. The lowest BCUT2D eigenvalue weighted by molar-refractivity contribution is 0.461. The van der Waals surface area contributed by atoms with Gasteiger partial charge in [0.1, 0.15) is 17.8 Å². The third kappa shape index (κ3) is 4.32. The van der Waals surface area contributed by atoms with E-state index in [1.165, 1.54) is 49.5 Å². The maximum absolute atomic E-state index is 5.96. The van der Waals surface area contributed by atoms with Crippen LogP contribution in [-0.2, 0) is 6.42 Å². The molecule has 4 aromatic rings. The van der Waals surface area contributed by atoms with Crippen LogP contribution in [0.3, 0.4) is 0 Å². The predicted octanol–water partition coefficient (Wildman–Crippen LogP) is 5.09. The van der Waals surface area contributed by atoms with E-state index in [9.17, 15) is 0 Å². The minimum atomic E-state index is 0.492. The number of hydrazine groups is 1. The summed E-state index contributed by atoms with van der Waals surface area (Å²) in [6.45, 7) is 1.05. The molecule has 2 aliphatic rings. The summed E-state index contributed by atoms with van der Waals surface area (Å²) in [5.74, 6) is 9.31. The van der Waals surface area contributed by atoms with Crippen LogP contribution >= 0.6 is 0 Å². The highest BCUT2D eigenvalue weighted by molar-refractivity contribution is 5.87. The molecule has 34 heavy (non-hydrogen) atoms. The molecule has 0 spiro atoms. The Hall–Kier alpha value is -3.19. The highest BCUT2D eigenvalue weighted by Crippen LogP contribution is 2.39. The van der Waals surface area contributed by atoms with Crippen molar-refractivity contribution in [2.75, 3.05) is 23.9 Å². The molecule has 0 saturated heterocycles. The Morgan fingerprint density at radius 2 is 1.91 bits per heavy atom. The molecular formula is C27H33N7. The van der Waals surface area contributed by atoms with Crippen molar-refractivity contribution in [3.63, 3.8) is 0 Å². The first kappa shape index (κ1) is 21.4. The number of aromatic nitrogens is 4. The minimum Gasteiger partial charge on any atom is -0.370 e. The number of hydrogen-bond acceptors (Lipinski definition) is 6. The van der Waals surface area contributed by atoms with E-state index in [4.69, 9.17) is 10.8 Å². The van der Waals surface area contributed by atoms with Gasteiger partial charge in [0, 0.05) is 31.2 Å². The Morgan fingerprint density at radius 1 is 1.06 bits per heavy atom. The standard InChI is InChI=1S/C27H33N7/c1-33(28)26-23-12-13-34(27(23)31-17-30-26)22-10-7-18(14-22)2-3-19-6-8-21-9-11-25(32-24(21)15-19)29-16-20-4-5-20/h6,8-9,11-13,15,17-18,20,22H,2-5,7,10,14,16,28H2,1H3,(H,29,32)/t18-,22+/m1/s1. The van der Waals surface area contributed by atoms with Gasteiger partial charge in [-0.05, 0) is 86.6 Å². The predicted molar refractivity (Wildman–Crippen MR) is 138 cm³/mol. The second kappa shape index (κ2) is 8.87. The fourth-order valence-electron chi connectivity index (χ4n) is 5.46. The molecule has 7 heteroatoms. The number of fused-ring (bicyclic) bond motifs is 2. The molecule has 6 rings (SSSR count). The summed E-state index contributed by atoms with van der Waals surface area (Å²) in [5, 5.41) is 7.30. The number of pyridine rings is 1. The van der Waals surface area contributed by atoms with Crippen molar-refractivity contribution in [2.45, 2.75) is 51.0 Å². The van der Waals surface area contributed by atoms with Gasteiger partial charge in [-0.1, -0.05) is 12.1 Å². The molecule has 0 unspecified atom stereocenters. The fraction of sp³-hybridized carbons (Fsp3) is 0.444. The molecule has 7 nitrogen and oxygen atoms in total. The quantitative estimate of drug-likeness (QED) is 0.284. The van der Waals surface area contributed by atoms with Crippen LogP contribution in [0.5, 0.6) is 0 Å². The lowest BCUT2D eigenvalue weighted by Crippen LogP contribution is -2.26. The molecule has 176 valence electrons. The summed E-state index contributed by atoms with van der Waals surface area (Å²) >= 11 is 0. The molecule has 3 aromatic heterocycles. The summed E-state index contributed by atoms with van der Waals surface area (Å²) in [7, 11) is 1.82. The molecule has 2 saturated carbocycles. The summed E-state index contributed by atoms with van der Waals surface area (Å²) in [5.41, 5.74) is 3.47. The third-order valence-corrected chi connectivity index (χ3v) is 7.60. The Labute approximate surface area is 200 Å².